The summed E-state index contributed by atoms with van der Waals surface area (Å²) in [7, 11) is 2.19. The standard InChI is InChI=1S/C21H36N2O/c1-6-13-23(14-7-2)17-20(4)16-22(5)18(3)15-21(20,24)19-11-9-8-10-12-19/h8-12,18,24H,6-7,13-17H2,1-5H3. The molecule has 0 bridgehead atoms. The number of likely N-dealkylation sites (tertiary alicyclic amines) is 1. The Morgan fingerprint density at radius 3 is 2.29 bits per heavy atom. The van der Waals surface area contributed by atoms with Gasteiger partial charge in [-0.1, -0.05) is 51.1 Å². The highest BCUT2D eigenvalue weighted by Gasteiger charge is 2.53. The Morgan fingerprint density at radius 2 is 1.75 bits per heavy atom. The van der Waals surface area contributed by atoms with Crippen LogP contribution in [0.4, 0.5) is 0 Å². The van der Waals surface area contributed by atoms with Crippen molar-refractivity contribution in [3.8, 4) is 0 Å². The van der Waals surface area contributed by atoms with Crippen molar-refractivity contribution in [2.24, 2.45) is 5.41 Å². The van der Waals surface area contributed by atoms with Gasteiger partial charge in [0.2, 0.25) is 0 Å². The first-order valence-corrected chi connectivity index (χ1v) is 9.57. The van der Waals surface area contributed by atoms with Crippen molar-refractivity contribution in [3.05, 3.63) is 35.9 Å². The Bertz CT molecular complexity index is 500. The van der Waals surface area contributed by atoms with Crippen LogP contribution in [-0.2, 0) is 5.60 Å². The lowest BCUT2D eigenvalue weighted by atomic mass is 9.63. The number of nitrogens with zero attached hydrogens (tertiary/aromatic N) is 2. The van der Waals surface area contributed by atoms with Crippen LogP contribution in [0.25, 0.3) is 0 Å². The second-order valence-corrected chi connectivity index (χ2v) is 8.03. The molecule has 1 fully saturated rings. The summed E-state index contributed by atoms with van der Waals surface area (Å²) in [5.74, 6) is 0. The topological polar surface area (TPSA) is 26.7 Å². The molecular weight excluding hydrogens is 296 g/mol. The maximum atomic E-state index is 11.9. The predicted octanol–water partition coefficient (Wildman–Crippen LogP) is 3.73. The molecule has 1 heterocycles. The quantitative estimate of drug-likeness (QED) is 0.824. The summed E-state index contributed by atoms with van der Waals surface area (Å²) < 4.78 is 0. The Kier molecular flexibility index (Phi) is 6.46. The second-order valence-electron chi connectivity index (χ2n) is 8.03. The third-order valence-electron chi connectivity index (χ3n) is 5.84. The number of hydrogen-bond donors (Lipinski definition) is 1. The summed E-state index contributed by atoms with van der Waals surface area (Å²) in [5.41, 5.74) is 0.111. The lowest BCUT2D eigenvalue weighted by molar-refractivity contribution is -0.154. The fourth-order valence-electron chi connectivity index (χ4n) is 4.42. The molecule has 0 radical (unpaired) electrons. The van der Waals surface area contributed by atoms with Crippen LogP contribution in [0, 0.1) is 5.41 Å². The lowest BCUT2D eigenvalue weighted by Crippen LogP contribution is -2.62. The van der Waals surface area contributed by atoms with Crippen LogP contribution in [0.3, 0.4) is 0 Å². The van der Waals surface area contributed by atoms with Crippen LogP contribution >= 0.6 is 0 Å². The molecule has 1 aliphatic heterocycles. The van der Waals surface area contributed by atoms with Crippen LogP contribution in [0.15, 0.2) is 30.3 Å². The van der Waals surface area contributed by atoms with Crippen LogP contribution in [0.2, 0.25) is 0 Å². The fourth-order valence-corrected chi connectivity index (χ4v) is 4.42. The van der Waals surface area contributed by atoms with E-state index < -0.39 is 5.60 Å². The minimum absolute atomic E-state index is 0.181. The van der Waals surface area contributed by atoms with Gasteiger partial charge in [-0.3, -0.25) is 0 Å². The molecule has 0 saturated carbocycles. The molecule has 0 spiro atoms. The first-order chi connectivity index (χ1) is 11.4. The van der Waals surface area contributed by atoms with Gasteiger partial charge in [0.25, 0.3) is 0 Å². The van der Waals surface area contributed by atoms with Gasteiger partial charge in [-0.05, 0) is 51.9 Å². The van der Waals surface area contributed by atoms with Gasteiger partial charge in [0.15, 0.2) is 0 Å². The third kappa shape index (κ3) is 3.84. The minimum atomic E-state index is -0.778. The first kappa shape index (κ1) is 19.4. The van der Waals surface area contributed by atoms with Gasteiger partial charge < -0.3 is 14.9 Å². The minimum Gasteiger partial charge on any atom is -0.384 e. The fraction of sp³-hybridized carbons (Fsp3) is 0.714. The van der Waals surface area contributed by atoms with Crippen molar-refractivity contribution in [2.75, 3.05) is 33.2 Å². The zero-order valence-corrected chi connectivity index (χ0v) is 16.3. The number of benzene rings is 1. The molecule has 3 unspecified atom stereocenters. The summed E-state index contributed by atoms with van der Waals surface area (Å²) in [5, 5.41) is 11.9. The average molecular weight is 333 g/mol. The summed E-state index contributed by atoms with van der Waals surface area (Å²) in [6, 6.07) is 10.7. The second kappa shape index (κ2) is 7.99. The predicted molar refractivity (Wildman–Crippen MR) is 102 cm³/mol. The number of hydrogen-bond acceptors (Lipinski definition) is 3. The van der Waals surface area contributed by atoms with Crippen LogP contribution < -0.4 is 0 Å². The van der Waals surface area contributed by atoms with Crippen molar-refractivity contribution in [1.82, 2.24) is 9.80 Å². The zero-order chi connectivity index (χ0) is 17.8. The molecule has 1 aromatic carbocycles. The van der Waals surface area contributed by atoms with E-state index in [4.69, 9.17) is 0 Å². The Labute approximate surface area is 148 Å². The third-order valence-corrected chi connectivity index (χ3v) is 5.84. The van der Waals surface area contributed by atoms with E-state index in [-0.39, 0.29) is 5.41 Å². The highest BCUT2D eigenvalue weighted by molar-refractivity contribution is 5.27. The van der Waals surface area contributed by atoms with Crippen molar-refractivity contribution < 1.29 is 5.11 Å². The van der Waals surface area contributed by atoms with Crippen molar-refractivity contribution in [2.45, 2.75) is 58.6 Å². The molecule has 24 heavy (non-hydrogen) atoms. The normalized spacial score (nSPS) is 31.5. The number of piperidine rings is 1. The Morgan fingerprint density at radius 1 is 1.17 bits per heavy atom. The number of aliphatic hydroxyl groups is 1. The van der Waals surface area contributed by atoms with E-state index in [1.807, 2.05) is 18.2 Å². The maximum Gasteiger partial charge on any atom is 0.0989 e. The Balaban J connectivity index is 2.37. The smallest absolute Gasteiger partial charge is 0.0989 e. The molecular formula is C21H36N2O. The Hall–Kier alpha value is -0.900. The van der Waals surface area contributed by atoms with Crippen molar-refractivity contribution in [3.63, 3.8) is 0 Å². The first-order valence-electron chi connectivity index (χ1n) is 9.57. The molecule has 1 aromatic rings. The average Bonchev–Trinajstić information content (AvgIpc) is 2.54. The molecule has 1 saturated heterocycles. The van der Waals surface area contributed by atoms with Crippen LogP contribution in [0.5, 0.6) is 0 Å². The highest BCUT2D eigenvalue weighted by Crippen LogP contribution is 2.48. The maximum absolute atomic E-state index is 11.9. The summed E-state index contributed by atoms with van der Waals surface area (Å²) in [4.78, 5) is 4.95. The zero-order valence-electron chi connectivity index (χ0n) is 16.3. The van der Waals surface area contributed by atoms with Gasteiger partial charge >= 0.3 is 0 Å². The lowest BCUT2D eigenvalue weighted by Gasteiger charge is -2.55. The van der Waals surface area contributed by atoms with Gasteiger partial charge in [-0.2, -0.15) is 0 Å². The molecule has 0 aliphatic carbocycles. The van der Waals surface area contributed by atoms with E-state index in [0.29, 0.717) is 6.04 Å². The highest BCUT2D eigenvalue weighted by atomic mass is 16.3. The van der Waals surface area contributed by atoms with Gasteiger partial charge in [-0.25, -0.2) is 0 Å². The van der Waals surface area contributed by atoms with E-state index in [9.17, 15) is 5.11 Å². The van der Waals surface area contributed by atoms with E-state index in [0.717, 1.165) is 51.0 Å². The van der Waals surface area contributed by atoms with E-state index in [2.05, 4.69) is 56.7 Å². The molecule has 0 amide bonds. The van der Waals surface area contributed by atoms with E-state index in [1.165, 1.54) is 0 Å². The monoisotopic (exact) mass is 332 g/mol. The van der Waals surface area contributed by atoms with Gasteiger partial charge in [0, 0.05) is 24.5 Å². The molecule has 3 nitrogen and oxygen atoms in total. The van der Waals surface area contributed by atoms with Crippen molar-refractivity contribution in [1.29, 1.82) is 0 Å². The van der Waals surface area contributed by atoms with Gasteiger partial charge in [0.1, 0.15) is 0 Å². The molecule has 0 aromatic heterocycles. The molecule has 3 atom stereocenters. The van der Waals surface area contributed by atoms with Crippen molar-refractivity contribution >= 4 is 0 Å². The summed E-state index contributed by atoms with van der Waals surface area (Å²) in [6.45, 7) is 13.1. The molecule has 1 aliphatic rings. The van der Waals surface area contributed by atoms with E-state index >= 15 is 0 Å². The van der Waals surface area contributed by atoms with Crippen LogP contribution in [-0.4, -0.2) is 54.2 Å². The van der Waals surface area contributed by atoms with Crippen LogP contribution in [0.1, 0.15) is 52.5 Å². The molecule has 2 rings (SSSR count). The molecule has 136 valence electrons. The molecule has 1 N–H and O–H groups in total. The SMILES string of the molecule is CCCN(CCC)CC1(C)CN(C)C(C)CC1(O)c1ccccc1. The summed E-state index contributed by atoms with van der Waals surface area (Å²) in [6.07, 6.45) is 3.11. The molecule has 3 heteroatoms. The van der Waals surface area contributed by atoms with E-state index in [1.54, 1.807) is 0 Å². The number of rotatable bonds is 7. The van der Waals surface area contributed by atoms with Gasteiger partial charge in [-0.15, -0.1) is 0 Å². The van der Waals surface area contributed by atoms with Gasteiger partial charge in [0.05, 0.1) is 5.60 Å². The summed E-state index contributed by atoms with van der Waals surface area (Å²) >= 11 is 0. The largest absolute Gasteiger partial charge is 0.384 e.